The first kappa shape index (κ1) is 62.1. The number of carbonyl (C=O) groups is 4. The van der Waals surface area contributed by atoms with E-state index in [1.165, 1.54) is 18.2 Å². The number of anilines is 1. The number of pyridine rings is 1. The number of ether oxygens (including phenoxy) is 3. The summed E-state index contributed by atoms with van der Waals surface area (Å²) in [5.41, 5.74) is -3.19. The van der Waals surface area contributed by atoms with Crippen LogP contribution in [-0.2, 0) is 36.8 Å². The Hall–Kier alpha value is -7.15. The lowest BCUT2D eigenvalue weighted by atomic mass is 9.82. The number of alkyl halides is 8. The highest BCUT2D eigenvalue weighted by Crippen LogP contribution is 2.42. The van der Waals surface area contributed by atoms with Crippen molar-refractivity contribution in [2.75, 3.05) is 52.0 Å². The van der Waals surface area contributed by atoms with Crippen LogP contribution in [0.2, 0.25) is 0 Å². The Morgan fingerprint density at radius 1 is 0.825 bits per heavy atom. The minimum Gasteiger partial charge on any atom is -0.453 e. The predicted molar refractivity (Wildman–Crippen MR) is 273 cm³/mol. The zero-order valence-corrected chi connectivity index (χ0v) is 44.4. The lowest BCUT2D eigenvalue weighted by Gasteiger charge is -2.47. The molecule has 0 saturated carbocycles. The van der Waals surface area contributed by atoms with E-state index in [1.807, 2.05) is 22.8 Å². The zero-order valence-electron chi connectivity index (χ0n) is 44.4. The van der Waals surface area contributed by atoms with E-state index in [-0.39, 0.29) is 16.7 Å². The van der Waals surface area contributed by atoms with Gasteiger partial charge in [-0.2, -0.15) is 35.1 Å². The number of hydrogen-bond acceptors (Lipinski definition) is 14. The van der Waals surface area contributed by atoms with Crippen molar-refractivity contribution >= 4 is 41.6 Å². The summed E-state index contributed by atoms with van der Waals surface area (Å²) in [6.07, 6.45) is -10.4. The maximum absolute atomic E-state index is 16.0. The van der Waals surface area contributed by atoms with E-state index < -0.39 is 103 Å². The molecule has 4 heterocycles. The number of aliphatic hydroxyl groups is 1. The molecule has 4 amide bonds. The van der Waals surface area contributed by atoms with Gasteiger partial charge in [0.05, 0.1) is 56.5 Å². The van der Waals surface area contributed by atoms with Crippen molar-refractivity contribution in [2.45, 2.75) is 115 Å². The third kappa shape index (κ3) is 15.2. The Kier molecular flexibility index (Phi) is 20.1. The van der Waals surface area contributed by atoms with Crippen LogP contribution in [-0.4, -0.2) is 159 Å². The molecule has 0 aliphatic carbocycles. The van der Waals surface area contributed by atoms with E-state index in [2.05, 4.69) is 46.8 Å². The molecule has 2 aromatic carbocycles. The van der Waals surface area contributed by atoms with Crippen molar-refractivity contribution in [1.29, 1.82) is 5.41 Å². The van der Waals surface area contributed by atoms with Crippen LogP contribution in [0.3, 0.4) is 0 Å². The maximum atomic E-state index is 16.0. The maximum Gasteiger partial charge on any atom is 0.407 e. The van der Waals surface area contributed by atoms with Gasteiger partial charge in [0.25, 0.3) is 5.91 Å². The molecule has 436 valence electrons. The van der Waals surface area contributed by atoms with Gasteiger partial charge in [-0.3, -0.25) is 19.9 Å². The highest BCUT2D eigenvalue weighted by molar-refractivity contribution is 6.08. The first-order valence-electron chi connectivity index (χ1n) is 25.1. The van der Waals surface area contributed by atoms with Crippen LogP contribution >= 0.6 is 0 Å². The summed E-state index contributed by atoms with van der Waals surface area (Å²) >= 11 is 0. The molecule has 1 aromatic heterocycles. The number of fused-ring (bicyclic) bond motifs is 2. The molecule has 2 unspecified atom stereocenters. The molecule has 7 N–H and O–H groups in total. The van der Waals surface area contributed by atoms with E-state index >= 15 is 4.39 Å². The number of halogens is 9. The number of aromatic nitrogens is 1. The van der Waals surface area contributed by atoms with Gasteiger partial charge in [-0.05, 0) is 88.4 Å². The molecule has 3 aliphatic heterocycles. The minimum absolute atomic E-state index is 0.103. The van der Waals surface area contributed by atoms with E-state index in [1.54, 1.807) is 23.6 Å². The van der Waals surface area contributed by atoms with E-state index in [0.717, 1.165) is 77.5 Å². The smallest absolute Gasteiger partial charge is 0.407 e. The Morgan fingerprint density at radius 2 is 1.39 bits per heavy atom. The number of alkyl carbamates (subject to hydrolysis) is 2. The normalized spacial score (nSPS) is 18.7. The first-order chi connectivity index (χ1) is 37.6. The van der Waals surface area contributed by atoms with Crippen LogP contribution in [0.1, 0.15) is 68.4 Å². The van der Waals surface area contributed by atoms with Gasteiger partial charge in [0.1, 0.15) is 23.7 Å². The largest absolute Gasteiger partial charge is 0.453 e. The monoisotopic (exact) mass is 1140 g/mol. The van der Waals surface area contributed by atoms with Crippen LogP contribution in [0.4, 0.5) is 54.9 Å². The summed E-state index contributed by atoms with van der Waals surface area (Å²) in [5.74, 6) is 2.70. The van der Waals surface area contributed by atoms with Gasteiger partial charge in [-0.25, -0.2) is 24.0 Å². The van der Waals surface area contributed by atoms with Gasteiger partial charge in [0.15, 0.2) is 0 Å². The summed E-state index contributed by atoms with van der Waals surface area (Å²) in [6, 6.07) is 7.70. The number of benzene rings is 2. The van der Waals surface area contributed by atoms with Crippen LogP contribution < -0.4 is 31.6 Å². The van der Waals surface area contributed by atoms with Gasteiger partial charge < -0.3 is 50.9 Å². The second-order valence-electron chi connectivity index (χ2n) is 20.6. The van der Waals surface area contributed by atoms with Gasteiger partial charge in [-0.1, -0.05) is 36.1 Å². The number of rotatable bonds is 21. The van der Waals surface area contributed by atoms with E-state index in [9.17, 15) is 59.4 Å². The molecule has 3 saturated heterocycles. The SMILES string of the molecule is COC(=O)N[C@H](C(=O)N[C@@H](Cc1ccc(C#Cc2ccc(N3CC4CCC(C3)N4C3COC3)nc2)cc1)[C@@H](O)CN(Cc1ccc(/C(C=N)=C/NC(F)F)cc1F)NC(=O)[C@@H](NC(=O)OC)C(C)(C)C(F)(F)F)C(C)(C)C(F)(F)F. The number of amides is 4. The average Bonchev–Trinajstić information content (AvgIpc) is 3.61. The molecular weight excluding hydrogens is 1080 g/mol. The lowest BCUT2D eigenvalue weighted by molar-refractivity contribution is -0.221. The summed E-state index contributed by atoms with van der Waals surface area (Å²) in [7, 11) is 1.65. The molecule has 3 aliphatic rings. The summed E-state index contributed by atoms with van der Waals surface area (Å²) in [6.45, 7) is 0.763. The Labute approximate surface area is 455 Å². The average molecular weight is 1140 g/mol. The molecule has 3 aromatic rings. The Balaban J connectivity index is 1.30. The summed E-state index contributed by atoms with van der Waals surface area (Å²) in [4.78, 5) is 62.4. The number of methoxy groups -OCH3 is 2. The second kappa shape index (κ2) is 26.0. The van der Waals surface area contributed by atoms with Crippen molar-refractivity contribution in [1.82, 2.24) is 41.6 Å². The molecule has 18 nitrogen and oxygen atoms in total. The fraction of sp³-hybridized carbons (Fsp3) is 0.509. The van der Waals surface area contributed by atoms with Gasteiger partial charge >= 0.3 is 31.1 Å². The summed E-state index contributed by atoms with van der Waals surface area (Å²) < 4.78 is 143. The predicted octanol–water partition coefficient (Wildman–Crippen LogP) is 6.02. The van der Waals surface area contributed by atoms with Crippen molar-refractivity contribution in [3.8, 4) is 11.8 Å². The van der Waals surface area contributed by atoms with Crippen LogP contribution in [0.15, 0.2) is 67.0 Å². The lowest BCUT2D eigenvalue weighted by Crippen LogP contribution is -2.63. The molecule has 80 heavy (non-hydrogen) atoms. The number of nitrogens with zero attached hydrogens (tertiary/aromatic N) is 4. The molecular formula is C53H63F9N10O8. The Morgan fingerprint density at radius 3 is 1.88 bits per heavy atom. The molecule has 27 heteroatoms. The van der Waals surface area contributed by atoms with Crippen LogP contribution in [0.5, 0.6) is 0 Å². The molecule has 6 atom stereocenters. The topological polar surface area (TPSA) is 223 Å². The standard InChI is InChI=1S/C53H63F9N10O8/c1-50(2,52(57,58)59)43(67-48(76)78-5)45(74)66-40(19-31-10-7-30(8-11-31)9-12-32-13-18-42(64-22-32)70-25-36-16-17-37(26-70)72(36)38-28-80-29-38)41(73)27-71(69-46(75)44(68-49(77)79-6)51(3,4)53(60,61)62)24-34-15-14-33(20-39(34)54)35(21-63)23-65-47(55)56/h7-8,10-11,13-15,18,20-23,36-38,40-41,43-44,47,63,65,73H,16-17,19,24-29H2,1-6H3,(H,66,74)(H,67,76)(H,68,77)(H,69,75)/b35-23+,63-21?/t36?,37?,40-,41-,43+,44+/m0/s1. The van der Waals surface area contributed by atoms with Gasteiger partial charge in [-0.15, -0.1) is 0 Å². The number of hydrogen-bond donors (Lipinski definition) is 7. The van der Waals surface area contributed by atoms with E-state index in [0.29, 0.717) is 73.7 Å². The zero-order chi connectivity index (χ0) is 58.9. The molecule has 2 bridgehead atoms. The van der Waals surface area contributed by atoms with Gasteiger partial charge in [0.2, 0.25) is 5.91 Å². The van der Waals surface area contributed by atoms with Crippen molar-refractivity contribution in [2.24, 2.45) is 10.8 Å². The molecule has 6 rings (SSSR count). The summed E-state index contributed by atoms with van der Waals surface area (Å²) in [5, 5.41) is 28.1. The third-order valence-electron chi connectivity index (χ3n) is 14.5. The number of nitrogens with one attached hydrogen (secondary N) is 6. The molecule has 3 fully saturated rings. The van der Waals surface area contributed by atoms with Crippen molar-refractivity contribution < 1.29 is 78.0 Å². The fourth-order valence-electron chi connectivity index (χ4n) is 9.41. The van der Waals surface area contributed by atoms with Crippen LogP contribution in [0, 0.1) is 33.9 Å². The highest BCUT2D eigenvalue weighted by atomic mass is 19.4. The van der Waals surface area contributed by atoms with Gasteiger partial charge in [0, 0.05) is 79.1 Å². The number of carbonyl (C=O) groups excluding carboxylic acids is 4. The molecule has 0 spiro atoms. The van der Waals surface area contributed by atoms with Crippen molar-refractivity contribution in [3.05, 3.63) is 101 Å². The fourth-order valence-corrected chi connectivity index (χ4v) is 9.41. The van der Waals surface area contributed by atoms with Crippen LogP contribution in [0.25, 0.3) is 5.57 Å². The second-order valence-corrected chi connectivity index (χ2v) is 20.6. The third-order valence-corrected chi connectivity index (χ3v) is 14.5. The highest BCUT2D eigenvalue weighted by Gasteiger charge is 2.57. The number of hydrazine groups is 1. The number of aliphatic hydroxyl groups excluding tert-OH is 1. The Bertz CT molecular complexity index is 2760. The quantitative estimate of drug-likeness (QED) is 0.0214. The number of piperazine rings is 1. The van der Waals surface area contributed by atoms with E-state index in [4.69, 9.17) is 10.1 Å². The minimum atomic E-state index is -5.18. The number of allylic oxidation sites excluding steroid dienone is 1. The first-order valence-corrected chi connectivity index (χ1v) is 25.1. The molecule has 0 radical (unpaired) electrons. The van der Waals surface area contributed by atoms with Crippen molar-refractivity contribution in [3.63, 3.8) is 0 Å².